The second kappa shape index (κ2) is 7.23. The average molecular weight is 353 g/mol. The van der Waals surface area contributed by atoms with Crippen molar-refractivity contribution in [3.63, 3.8) is 0 Å². The fraction of sp³-hybridized carbons (Fsp3) is 0.524. The maximum Gasteiger partial charge on any atom is 0.129 e. The first-order valence-electron chi connectivity index (χ1n) is 9.57. The molecule has 0 atom stereocenters. The molecule has 1 aromatic heterocycles. The number of aliphatic hydroxyl groups excluding tert-OH is 1. The molecule has 0 aliphatic heterocycles. The van der Waals surface area contributed by atoms with Gasteiger partial charge < -0.3 is 15.2 Å². The number of methoxy groups -OCH3 is 1. The molecule has 26 heavy (non-hydrogen) atoms. The Kier molecular flexibility index (Phi) is 4.81. The summed E-state index contributed by atoms with van der Waals surface area (Å²) in [5, 5.41) is 13.1. The molecule has 0 unspecified atom stereocenters. The molecular formula is C21H27N3O2. The summed E-state index contributed by atoms with van der Waals surface area (Å²) >= 11 is 0. The molecule has 138 valence electrons. The number of hydrogen-bond acceptors (Lipinski definition) is 5. The molecule has 1 aromatic carbocycles. The lowest BCUT2D eigenvalue weighted by Crippen LogP contribution is -2.32. The fourth-order valence-corrected chi connectivity index (χ4v) is 4.35. The molecule has 0 spiro atoms. The normalized spacial score (nSPS) is 24.1. The van der Waals surface area contributed by atoms with Crippen LogP contribution in [0.3, 0.4) is 0 Å². The zero-order valence-corrected chi connectivity index (χ0v) is 15.3. The number of nitrogens with zero attached hydrogens (tertiary/aromatic N) is 2. The van der Waals surface area contributed by atoms with E-state index in [0.29, 0.717) is 5.92 Å². The van der Waals surface area contributed by atoms with Crippen molar-refractivity contribution < 1.29 is 9.84 Å². The van der Waals surface area contributed by atoms with Gasteiger partial charge in [-0.1, -0.05) is 25.0 Å². The highest BCUT2D eigenvalue weighted by Crippen LogP contribution is 2.42. The Morgan fingerprint density at radius 3 is 2.54 bits per heavy atom. The number of benzene rings is 1. The van der Waals surface area contributed by atoms with Crippen LogP contribution in [-0.2, 0) is 5.41 Å². The number of rotatable bonds is 6. The zero-order valence-electron chi connectivity index (χ0n) is 15.3. The van der Waals surface area contributed by atoms with Crippen LogP contribution in [0, 0.1) is 0 Å². The van der Waals surface area contributed by atoms with Gasteiger partial charge in [0.2, 0.25) is 0 Å². The van der Waals surface area contributed by atoms with Crippen LogP contribution < -0.4 is 10.1 Å². The first kappa shape index (κ1) is 17.3. The largest absolute Gasteiger partial charge is 0.497 e. The maximum atomic E-state index is 9.53. The molecule has 2 aromatic rings. The molecule has 2 N–H and O–H groups in total. The van der Waals surface area contributed by atoms with E-state index in [1.807, 2.05) is 6.07 Å². The maximum absolute atomic E-state index is 9.53. The standard InChI is InChI=1S/C21H27N3O2/c1-26-18-6-4-16(5-7-18)21(8-2-3-9-21)13-22-20-12-19(23-14-24-20)15-10-17(25)11-15/h4-7,12,14-15,17,25H,2-3,8-11,13H2,1H3,(H,22,23,24). The quantitative estimate of drug-likeness (QED) is 0.830. The van der Waals surface area contributed by atoms with Gasteiger partial charge in [-0.15, -0.1) is 0 Å². The van der Waals surface area contributed by atoms with Gasteiger partial charge in [-0.2, -0.15) is 0 Å². The van der Waals surface area contributed by atoms with Gasteiger partial charge in [0.25, 0.3) is 0 Å². The van der Waals surface area contributed by atoms with Crippen LogP contribution in [0.15, 0.2) is 36.7 Å². The van der Waals surface area contributed by atoms with Gasteiger partial charge in [-0.3, -0.25) is 0 Å². The van der Waals surface area contributed by atoms with E-state index in [0.717, 1.165) is 36.6 Å². The third-order valence-corrected chi connectivity index (χ3v) is 6.09. The van der Waals surface area contributed by atoms with Crippen LogP contribution in [0.2, 0.25) is 0 Å². The number of hydrogen-bond donors (Lipinski definition) is 2. The van der Waals surface area contributed by atoms with E-state index in [-0.39, 0.29) is 11.5 Å². The van der Waals surface area contributed by atoms with Crippen LogP contribution in [-0.4, -0.2) is 34.8 Å². The Balaban J connectivity index is 1.48. The second-order valence-electron chi connectivity index (χ2n) is 7.72. The lowest BCUT2D eigenvalue weighted by Gasteiger charge is -2.32. The third-order valence-electron chi connectivity index (χ3n) is 6.09. The van der Waals surface area contributed by atoms with Gasteiger partial charge in [0.15, 0.2) is 0 Å². The number of ether oxygens (including phenoxy) is 1. The minimum absolute atomic E-state index is 0.157. The van der Waals surface area contributed by atoms with Crippen molar-refractivity contribution in [2.75, 3.05) is 19.0 Å². The Labute approximate surface area is 154 Å². The van der Waals surface area contributed by atoms with Gasteiger partial charge in [0, 0.05) is 29.6 Å². The summed E-state index contributed by atoms with van der Waals surface area (Å²) in [6, 6.07) is 10.6. The monoisotopic (exact) mass is 353 g/mol. The number of nitrogens with one attached hydrogen (secondary N) is 1. The van der Waals surface area contributed by atoms with E-state index in [1.165, 1.54) is 31.2 Å². The van der Waals surface area contributed by atoms with Crippen LogP contribution in [0.4, 0.5) is 5.82 Å². The van der Waals surface area contributed by atoms with Crippen LogP contribution in [0.5, 0.6) is 5.75 Å². The molecule has 5 nitrogen and oxygen atoms in total. The molecule has 2 aliphatic rings. The summed E-state index contributed by atoms with van der Waals surface area (Å²) in [6.07, 6.45) is 8.02. The molecule has 4 rings (SSSR count). The summed E-state index contributed by atoms with van der Waals surface area (Å²) in [5.74, 6) is 2.16. The topological polar surface area (TPSA) is 67.3 Å². The van der Waals surface area contributed by atoms with Crippen LogP contribution in [0.25, 0.3) is 0 Å². The van der Waals surface area contributed by atoms with Crippen molar-refractivity contribution in [2.24, 2.45) is 0 Å². The van der Waals surface area contributed by atoms with Crippen molar-refractivity contribution in [3.05, 3.63) is 47.9 Å². The SMILES string of the molecule is COc1ccc(C2(CNc3cc(C4CC(O)C4)ncn3)CCCC2)cc1. The Morgan fingerprint density at radius 2 is 1.88 bits per heavy atom. The van der Waals surface area contributed by atoms with E-state index in [4.69, 9.17) is 4.74 Å². The fourth-order valence-electron chi connectivity index (χ4n) is 4.35. The van der Waals surface area contributed by atoms with Gasteiger partial charge in [-0.05, 0) is 43.4 Å². The number of aliphatic hydroxyl groups is 1. The molecule has 0 saturated heterocycles. The van der Waals surface area contributed by atoms with Crippen molar-refractivity contribution in [3.8, 4) is 5.75 Å². The molecule has 2 fully saturated rings. The van der Waals surface area contributed by atoms with E-state index >= 15 is 0 Å². The lowest BCUT2D eigenvalue weighted by atomic mass is 9.78. The molecule has 2 saturated carbocycles. The lowest BCUT2D eigenvalue weighted by molar-refractivity contribution is 0.0732. The summed E-state index contributed by atoms with van der Waals surface area (Å²) in [4.78, 5) is 8.80. The second-order valence-corrected chi connectivity index (χ2v) is 7.72. The van der Waals surface area contributed by atoms with E-state index < -0.39 is 0 Å². The van der Waals surface area contributed by atoms with Crippen molar-refractivity contribution in [1.82, 2.24) is 9.97 Å². The zero-order chi connectivity index (χ0) is 18.0. The first-order chi connectivity index (χ1) is 12.7. The third kappa shape index (κ3) is 3.40. The molecule has 1 heterocycles. The van der Waals surface area contributed by atoms with Gasteiger partial charge >= 0.3 is 0 Å². The number of aromatic nitrogens is 2. The summed E-state index contributed by atoms with van der Waals surface area (Å²) in [7, 11) is 1.70. The Bertz CT molecular complexity index is 735. The number of anilines is 1. The molecular weight excluding hydrogens is 326 g/mol. The van der Waals surface area contributed by atoms with Gasteiger partial charge in [0.1, 0.15) is 17.9 Å². The minimum atomic E-state index is -0.164. The molecule has 0 radical (unpaired) electrons. The van der Waals surface area contributed by atoms with Crippen LogP contribution >= 0.6 is 0 Å². The van der Waals surface area contributed by atoms with Crippen molar-refractivity contribution in [1.29, 1.82) is 0 Å². The highest BCUT2D eigenvalue weighted by molar-refractivity contribution is 5.40. The van der Waals surface area contributed by atoms with Gasteiger partial charge in [-0.25, -0.2) is 9.97 Å². The highest BCUT2D eigenvalue weighted by atomic mass is 16.5. The van der Waals surface area contributed by atoms with Crippen molar-refractivity contribution >= 4 is 5.82 Å². The van der Waals surface area contributed by atoms with E-state index in [2.05, 4.69) is 39.6 Å². The Morgan fingerprint density at radius 1 is 1.15 bits per heavy atom. The van der Waals surface area contributed by atoms with E-state index in [9.17, 15) is 5.11 Å². The van der Waals surface area contributed by atoms with Gasteiger partial charge in [0.05, 0.1) is 13.2 Å². The summed E-state index contributed by atoms with van der Waals surface area (Å²) in [5.41, 5.74) is 2.57. The summed E-state index contributed by atoms with van der Waals surface area (Å²) < 4.78 is 5.30. The molecule has 2 aliphatic carbocycles. The molecule has 0 amide bonds. The van der Waals surface area contributed by atoms with Crippen molar-refractivity contribution in [2.45, 2.75) is 56.0 Å². The Hall–Kier alpha value is -2.14. The predicted molar refractivity (Wildman–Crippen MR) is 102 cm³/mol. The van der Waals surface area contributed by atoms with Crippen LogP contribution in [0.1, 0.15) is 55.7 Å². The molecule has 5 heteroatoms. The smallest absolute Gasteiger partial charge is 0.129 e. The van der Waals surface area contributed by atoms with E-state index in [1.54, 1.807) is 13.4 Å². The molecule has 0 bridgehead atoms. The highest BCUT2D eigenvalue weighted by Gasteiger charge is 2.36. The minimum Gasteiger partial charge on any atom is -0.497 e. The summed E-state index contributed by atoms with van der Waals surface area (Å²) in [6.45, 7) is 0.878. The predicted octanol–water partition coefficient (Wildman–Crippen LogP) is 3.65. The first-order valence-corrected chi connectivity index (χ1v) is 9.57. The average Bonchev–Trinajstić information content (AvgIpc) is 3.14.